The van der Waals surface area contributed by atoms with E-state index in [0.717, 1.165) is 26.1 Å². The van der Waals surface area contributed by atoms with Crippen LogP contribution >= 0.6 is 0 Å². The number of nitrogens with one attached hydrogen (secondary N) is 1. The maximum absolute atomic E-state index is 12.2. The molecule has 0 fully saturated rings. The number of rotatable bonds is 9. The molecule has 0 amide bonds. The molecule has 6 nitrogen and oxygen atoms in total. The van der Waals surface area contributed by atoms with Crippen molar-refractivity contribution in [2.75, 3.05) is 39.0 Å². The SMILES string of the molecule is CCN(CC)CCCNS(=O)(=O)c1ccc(N)c(OC)c1. The summed E-state index contributed by atoms with van der Waals surface area (Å²) in [5.74, 6) is 0.362. The van der Waals surface area contributed by atoms with Gasteiger partial charge in [-0.1, -0.05) is 13.8 Å². The summed E-state index contributed by atoms with van der Waals surface area (Å²) in [7, 11) is -2.07. The van der Waals surface area contributed by atoms with Crippen LogP contribution in [0.15, 0.2) is 23.1 Å². The lowest BCUT2D eigenvalue weighted by atomic mass is 10.3. The van der Waals surface area contributed by atoms with Gasteiger partial charge in [-0.15, -0.1) is 0 Å². The minimum Gasteiger partial charge on any atom is -0.495 e. The van der Waals surface area contributed by atoms with Gasteiger partial charge in [0.2, 0.25) is 10.0 Å². The van der Waals surface area contributed by atoms with Crippen LogP contribution in [-0.2, 0) is 10.0 Å². The maximum Gasteiger partial charge on any atom is 0.240 e. The predicted octanol–water partition coefficient (Wildman–Crippen LogP) is 1.29. The van der Waals surface area contributed by atoms with Gasteiger partial charge < -0.3 is 15.4 Å². The lowest BCUT2D eigenvalue weighted by molar-refractivity contribution is 0.300. The average molecular weight is 315 g/mol. The highest BCUT2D eigenvalue weighted by atomic mass is 32.2. The number of nitrogens with two attached hydrogens (primary N) is 1. The topological polar surface area (TPSA) is 84.7 Å². The van der Waals surface area contributed by atoms with Gasteiger partial charge in [0.25, 0.3) is 0 Å². The predicted molar refractivity (Wildman–Crippen MR) is 85.0 cm³/mol. The number of methoxy groups -OCH3 is 1. The van der Waals surface area contributed by atoms with Crippen molar-refractivity contribution in [1.29, 1.82) is 0 Å². The largest absolute Gasteiger partial charge is 0.495 e. The zero-order chi connectivity index (χ0) is 15.9. The molecule has 1 rings (SSSR count). The highest BCUT2D eigenvalue weighted by molar-refractivity contribution is 7.89. The van der Waals surface area contributed by atoms with Crippen molar-refractivity contribution in [1.82, 2.24) is 9.62 Å². The summed E-state index contributed by atoms with van der Waals surface area (Å²) in [4.78, 5) is 2.41. The second-order valence-electron chi connectivity index (χ2n) is 4.68. The minimum atomic E-state index is -3.53. The Morgan fingerprint density at radius 2 is 1.95 bits per heavy atom. The Kier molecular flexibility index (Phi) is 6.94. The van der Waals surface area contributed by atoms with Crippen LogP contribution in [0.1, 0.15) is 20.3 Å². The number of anilines is 1. The summed E-state index contributed by atoms with van der Waals surface area (Å²) in [6.07, 6.45) is 0.771. The van der Waals surface area contributed by atoms with Crippen molar-refractivity contribution in [3.05, 3.63) is 18.2 Å². The molecule has 0 saturated carbocycles. The smallest absolute Gasteiger partial charge is 0.240 e. The minimum absolute atomic E-state index is 0.163. The molecule has 0 aliphatic carbocycles. The van der Waals surface area contributed by atoms with E-state index in [1.807, 2.05) is 0 Å². The number of hydrogen-bond acceptors (Lipinski definition) is 5. The number of nitrogen functional groups attached to an aromatic ring is 1. The molecule has 120 valence electrons. The van der Waals surface area contributed by atoms with Gasteiger partial charge in [0.15, 0.2) is 0 Å². The first-order valence-corrected chi connectivity index (χ1v) is 8.58. The first-order chi connectivity index (χ1) is 9.94. The molecule has 0 aromatic heterocycles. The molecule has 0 heterocycles. The van der Waals surface area contributed by atoms with Gasteiger partial charge in [0, 0.05) is 12.6 Å². The third kappa shape index (κ3) is 5.18. The molecule has 3 N–H and O–H groups in total. The highest BCUT2D eigenvalue weighted by Gasteiger charge is 2.15. The van der Waals surface area contributed by atoms with Crippen LogP contribution in [0.5, 0.6) is 5.75 Å². The number of benzene rings is 1. The zero-order valence-corrected chi connectivity index (χ0v) is 13.7. The monoisotopic (exact) mass is 315 g/mol. The lowest BCUT2D eigenvalue weighted by Crippen LogP contribution is -2.30. The Balaban J connectivity index is 2.61. The van der Waals surface area contributed by atoms with Crippen molar-refractivity contribution in [3.8, 4) is 5.75 Å². The fourth-order valence-corrected chi connectivity index (χ4v) is 3.08. The molecule has 0 unspecified atom stereocenters. The molecule has 0 aliphatic heterocycles. The van der Waals surface area contributed by atoms with E-state index in [0.29, 0.717) is 18.0 Å². The van der Waals surface area contributed by atoms with Crippen LogP contribution in [-0.4, -0.2) is 46.6 Å². The van der Waals surface area contributed by atoms with Crippen LogP contribution in [0.25, 0.3) is 0 Å². The maximum atomic E-state index is 12.2. The third-order valence-corrected chi connectivity index (χ3v) is 4.81. The zero-order valence-electron chi connectivity index (χ0n) is 12.9. The van der Waals surface area contributed by atoms with Crippen LogP contribution in [0.4, 0.5) is 5.69 Å². The van der Waals surface area contributed by atoms with Crippen molar-refractivity contribution >= 4 is 15.7 Å². The van der Waals surface area contributed by atoms with E-state index in [1.54, 1.807) is 0 Å². The van der Waals surface area contributed by atoms with Gasteiger partial charge in [-0.05, 0) is 38.2 Å². The van der Waals surface area contributed by atoms with Gasteiger partial charge >= 0.3 is 0 Å². The van der Waals surface area contributed by atoms with Crippen molar-refractivity contribution in [2.45, 2.75) is 25.2 Å². The third-order valence-electron chi connectivity index (χ3n) is 3.35. The molecule has 0 bridgehead atoms. The molecule has 0 radical (unpaired) electrons. The summed E-state index contributed by atoms with van der Waals surface area (Å²) in [6.45, 7) is 7.41. The lowest BCUT2D eigenvalue weighted by Gasteiger charge is -2.17. The molecule has 0 atom stereocenters. The molecule has 0 spiro atoms. The molecule has 1 aromatic carbocycles. The van der Waals surface area contributed by atoms with Crippen molar-refractivity contribution in [2.24, 2.45) is 0 Å². The fourth-order valence-electron chi connectivity index (χ4n) is 1.99. The van der Waals surface area contributed by atoms with E-state index in [9.17, 15) is 8.42 Å². The Bertz CT molecular complexity index is 542. The summed E-state index contributed by atoms with van der Waals surface area (Å²) in [5, 5.41) is 0. The number of ether oxygens (including phenoxy) is 1. The Hall–Kier alpha value is -1.31. The second kappa shape index (κ2) is 8.21. The summed E-state index contributed by atoms with van der Waals surface area (Å²) in [5.41, 5.74) is 6.10. The quantitative estimate of drug-likeness (QED) is 0.530. The Morgan fingerprint density at radius 3 is 2.52 bits per heavy atom. The van der Waals surface area contributed by atoms with Crippen LogP contribution in [0, 0.1) is 0 Å². The first kappa shape index (κ1) is 17.7. The van der Waals surface area contributed by atoms with E-state index >= 15 is 0 Å². The van der Waals surface area contributed by atoms with Gasteiger partial charge in [-0.2, -0.15) is 0 Å². The van der Waals surface area contributed by atoms with E-state index < -0.39 is 10.0 Å². The van der Waals surface area contributed by atoms with Gasteiger partial charge in [0.05, 0.1) is 17.7 Å². The molecule has 0 aliphatic rings. The second-order valence-corrected chi connectivity index (χ2v) is 6.45. The van der Waals surface area contributed by atoms with Gasteiger partial charge in [-0.3, -0.25) is 0 Å². The normalized spacial score (nSPS) is 11.8. The highest BCUT2D eigenvalue weighted by Crippen LogP contribution is 2.24. The number of nitrogens with zero attached hydrogens (tertiary/aromatic N) is 1. The molecule has 0 saturated heterocycles. The number of hydrogen-bond donors (Lipinski definition) is 2. The molecule has 7 heteroatoms. The van der Waals surface area contributed by atoms with Crippen molar-refractivity contribution in [3.63, 3.8) is 0 Å². The van der Waals surface area contributed by atoms with Crippen LogP contribution in [0.3, 0.4) is 0 Å². The van der Waals surface area contributed by atoms with E-state index in [2.05, 4.69) is 23.5 Å². The summed E-state index contributed by atoms with van der Waals surface area (Å²) >= 11 is 0. The summed E-state index contributed by atoms with van der Waals surface area (Å²) < 4.78 is 32.0. The Labute approximate surface area is 127 Å². The van der Waals surface area contributed by atoms with Crippen molar-refractivity contribution < 1.29 is 13.2 Å². The average Bonchev–Trinajstić information content (AvgIpc) is 2.47. The first-order valence-electron chi connectivity index (χ1n) is 7.10. The van der Waals surface area contributed by atoms with Gasteiger partial charge in [-0.25, -0.2) is 13.1 Å². The summed E-state index contributed by atoms with van der Waals surface area (Å²) in [6, 6.07) is 4.44. The van der Waals surface area contributed by atoms with E-state index in [4.69, 9.17) is 10.5 Å². The molecule has 21 heavy (non-hydrogen) atoms. The van der Waals surface area contributed by atoms with E-state index in [-0.39, 0.29) is 4.90 Å². The van der Waals surface area contributed by atoms with Gasteiger partial charge in [0.1, 0.15) is 5.75 Å². The standard InChI is InChI=1S/C14H25N3O3S/c1-4-17(5-2)10-6-9-16-21(18,19)12-7-8-13(15)14(11-12)20-3/h7-8,11,16H,4-6,9-10,15H2,1-3H3. The Morgan fingerprint density at radius 1 is 1.29 bits per heavy atom. The number of sulfonamides is 1. The molecular formula is C14H25N3O3S. The van der Waals surface area contributed by atoms with E-state index in [1.165, 1.54) is 25.3 Å². The fraction of sp³-hybridized carbons (Fsp3) is 0.571. The van der Waals surface area contributed by atoms with Crippen LogP contribution in [0.2, 0.25) is 0 Å². The molecule has 1 aromatic rings. The molecular weight excluding hydrogens is 290 g/mol. The van der Waals surface area contributed by atoms with Crippen LogP contribution < -0.4 is 15.2 Å².